The molecule has 3 N–H and O–H groups in total. The number of hydrogen-bond acceptors (Lipinski definition) is 4. The first kappa shape index (κ1) is 15.0. The summed E-state index contributed by atoms with van der Waals surface area (Å²) in [5.74, 6) is 1.37. The van der Waals surface area contributed by atoms with Gasteiger partial charge in [0.15, 0.2) is 6.61 Å². The van der Waals surface area contributed by atoms with Gasteiger partial charge in [-0.25, -0.2) is 0 Å². The standard InChI is InChI=1S/C16H20N2O3/c1-12(7-8-14-6-3-9-20-14)18-16(19)11-21-15-5-2-4-13(17)10-15/h2-6,9-10,12H,7-8,11,17H2,1H3,(H,18,19). The summed E-state index contributed by atoms with van der Waals surface area (Å²) in [5, 5.41) is 2.89. The number of carbonyl (C=O) groups is 1. The second-order valence-corrected chi connectivity index (χ2v) is 4.95. The Kier molecular flexibility index (Phi) is 5.26. The Hall–Kier alpha value is -2.43. The summed E-state index contributed by atoms with van der Waals surface area (Å²) in [4.78, 5) is 11.8. The van der Waals surface area contributed by atoms with E-state index >= 15 is 0 Å². The fourth-order valence-electron chi connectivity index (χ4n) is 1.96. The molecule has 21 heavy (non-hydrogen) atoms. The number of nitrogens with two attached hydrogens (primary N) is 1. The van der Waals surface area contributed by atoms with Gasteiger partial charge in [-0.05, 0) is 37.6 Å². The molecule has 1 amide bonds. The Bertz CT molecular complexity index is 567. The second kappa shape index (κ2) is 7.38. The minimum absolute atomic E-state index is 0.0193. The molecule has 1 aromatic carbocycles. The molecule has 0 spiro atoms. The zero-order valence-corrected chi connectivity index (χ0v) is 12.0. The molecule has 1 aromatic heterocycles. The normalized spacial score (nSPS) is 11.9. The van der Waals surface area contributed by atoms with Crippen LogP contribution in [0.5, 0.6) is 5.75 Å². The van der Waals surface area contributed by atoms with E-state index in [1.807, 2.05) is 19.1 Å². The summed E-state index contributed by atoms with van der Waals surface area (Å²) in [7, 11) is 0. The third kappa shape index (κ3) is 5.22. The number of nitrogen functional groups attached to an aromatic ring is 1. The number of rotatable bonds is 7. The molecule has 0 aliphatic heterocycles. The quantitative estimate of drug-likeness (QED) is 0.767. The van der Waals surface area contributed by atoms with E-state index in [4.69, 9.17) is 14.9 Å². The largest absolute Gasteiger partial charge is 0.484 e. The highest BCUT2D eigenvalue weighted by atomic mass is 16.5. The van der Waals surface area contributed by atoms with E-state index in [9.17, 15) is 4.79 Å². The fourth-order valence-corrected chi connectivity index (χ4v) is 1.96. The van der Waals surface area contributed by atoms with Gasteiger partial charge in [0.05, 0.1) is 6.26 Å². The van der Waals surface area contributed by atoms with Crippen LogP contribution in [-0.4, -0.2) is 18.6 Å². The maximum atomic E-state index is 11.8. The molecular weight excluding hydrogens is 268 g/mol. The zero-order valence-electron chi connectivity index (χ0n) is 12.0. The Morgan fingerprint density at radius 2 is 2.24 bits per heavy atom. The monoisotopic (exact) mass is 288 g/mol. The summed E-state index contributed by atoms with van der Waals surface area (Å²) in [6.45, 7) is 1.94. The van der Waals surface area contributed by atoms with Crippen LogP contribution in [0.25, 0.3) is 0 Å². The molecule has 1 unspecified atom stereocenters. The smallest absolute Gasteiger partial charge is 0.258 e. The van der Waals surface area contributed by atoms with Crippen LogP contribution >= 0.6 is 0 Å². The molecule has 0 aliphatic carbocycles. The van der Waals surface area contributed by atoms with Crippen molar-refractivity contribution in [1.29, 1.82) is 0 Å². The molecule has 0 fully saturated rings. The first-order chi connectivity index (χ1) is 10.1. The molecule has 1 heterocycles. The van der Waals surface area contributed by atoms with Crippen LogP contribution in [0.15, 0.2) is 47.1 Å². The van der Waals surface area contributed by atoms with Gasteiger partial charge in [0.1, 0.15) is 11.5 Å². The van der Waals surface area contributed by atoms with Crippen molar-refractivity contribution in [2.75, 3.05) is 12.3 Å². The molecule has 1 atom stereocenters. The fraction of sp³-hybridized carbons (Fsp3) is 0.312. The summed E-state index contributed by atoms with van der Waals surface area (Å²) in [6.07, 6.45) is 3.26. The van der Waals surface area contributed by atoms with Gasteiger partial charge >= 0.3 is 0 Å². The Balaban J connectivity index is 1.69. The van der Waals surface area contributed by atoms with Gasteiger partial charge in [-0.1, -0.05) is 6.07 Å². The average molecular weight is 288 g/mol. The molecule has 0 radical (unpaired) electrons. The molecule has 0 aliphatic rings. The van der Waals surface area contributed by atoms with E-state index in [0.29, 0.717) is 11.4 Å². The number of hydrogen-bond donors (Lipinski definition) is 2. The van der Waals surface area contributed by atoms with Gasteiger partial charge in [-0.3, -0.25) is 4.79 Å². The number of carbonyl (C=O) groups excluding carboxylic acids is 1. The lowest BCUT2D eigenvalue weighted by Crippen LogP contribution is -2.36. The lowest BCUT2D eigenvalue weighted by atomic mass is 10.1. The van der Waals surface area contributed by atoms with Gasteiger partial charge < -0.3 is 20.2 Å². The highest BCUT2D eigenvalue weighted by Gasteiger charge is 2.09. The molecule has 112 valence electrons. The van der Waals surface area contributed by atoms with Crippen LogP contribution in [0.1, 0.15) is 19.1 Å². The molecule has 0 saturated heterocycles. The minimum Gasteiger partial charge on any atom is -0.484 e. The molecule has 5 nitrogen and oxygen atoms in total. The Morgan fingerprint density at radius 3 is 2.95 bits per heavy atom. The number of aryl methyl sites for hydroxylation is 1. The SMILES string of the molecule is CC(CCc1ccco1)NC(=O)COc1cccc(N)c1. The van der Waals surface area contributed by atoms with Gasteiger partial charge in [-0.2, -0.15) is 0 Å². The number of furan rings is 1. The molecule has 2 rings (SSSR count). The Morgan fingerprint density at radius 1 is 1.38 bits per heavy atom. The number of nitrogens with one attached hydrogen (secondary N) is 1. The van der Waals surface area contributed by atoms with Crippen molar-refractivity contribution < 1.29 is 13.9 Å². The van der Waals surface area contributed by atoms with Gasteiger partial charge in [0, 0.05) is 24.2 Å². The second-order valence-electron chi connectivity index (χ2n) is 4.95. The molecule has 0 bridgehead atoms. The topological polar surface area (TPSA) is 77.5 Å². The van der Waals surface area contributed by atoms with Gasteiger partial charge in [0.2, 0.25) is 0 Å². The third-order valence-electron chi connectivity index (χ3n) is 3.04. The van der Waals surface area contributed by atoms with Crippen LogP contribution in [0.3, 0.4) is 0 Å². The number of amides is 1. The molecular formula is C16H20N2O3. The average Bonchev–Trinajstić information content (AvgIpc) is 2.96. The van der Waals surface area contributed by atoms with Crippen molar-refractivity contribution in [3.63, 3.8) is 0 Å². The van der Waals surface area contributed by atoms with E-state index in [2.05, 4.69) is 5.32 Å². The summed E-state index contributed by atoms with van der Waals surface area (Å²) >= 11 is 0. The van der Waals surface area contributed by atoms with Crippen molar-refractivity contribution in [3.05, 3.63) is 48.4 Å². The third-order valence-corrected chi connectivity index (χ3v) is 3.04. The molecule has 5 heteroatoms. The van der Waals surface area contributed by atoms with Crippen molar-refractivity contribution >= 4 is 11.6 Å². The summed E-state index contributed by atoms with van der Waals surface area (Å²) < 4.78 is 10.6. The Labute approximate surface area is 124 Å². The number of benzene rings is 1. The van der Waals surface area contributed by atoms with Gasteiger partial charge in [0.25, 0.3) is 5.91 Å². The van der Waals surface area contributed by atoms with Crippen LogP contribution in [0, 0.1) is 0 Å². The summed E-state index contributed by atoms with van der Waals surface area (Å²) in [6, 6.07) is 10.9. The molecule has 0 saturated carbocycles. The molecule has 2 aromatic rings. The van der Waals surface area contributed by atoms with E-state index in [-0.39, 0.29) is 18.6 Å². The highest BCUT2D eigenvalue weighted by molar-refractivity contribution is 5.77. The van der Waals surface area contributed by atoms with E-state index in [1.54, 1.807) is 30.5 Å². The lowest BCUT2D eigenvalue weighted by Gasteiger charge is -2.13. The lowest BCUT2D eigenvalue weighted by molar-refractivity contribution is -0.123. The first-order valence-corrected chi connectivity index (χ1v) is 6.93. The first-order valence-electron chi connectivity index (χ1n) is 6.93. The van der Waals surface area contributed by atoms with Crippen LogP contribution in [-0.2, 0) is 11.2 Å². The maximum Gasteiger partial charge on any atom is 0.258 e. The van der Waals surface area contributed by atoms with Crippen molar-refractivity contribution in [3.8, 4) is 5.75 Å². The summed E-state index contributed by atoms with van der Waals surface area (Å²) in [5.41, 5.74) is 6.25. The predicted molar refractivity (Wildman–Crippen MR) is 81.0 cm³/mol. The number of ether oxygens (including phenoxy) is 1. The van der Waals surface area contributed by atoms with Crippen LogP contribution < -0.4 is 15.8 Å². The highest BCUT2D eigenvalue weighted by Crippen LogP contribution is 2.14. The predicted octanol–water partition coefficient (Wildman–Crippen LogP) is 2.38. The van der Waals surface area contributed by atoms with E-state index < -0.39 is 0 Å². The zero-order chi connectivity index (χ0) is 15.1. The van der Waals surface area contributed by atoms with Crippen molar-refractivity contribution in [2.24, 2.45) is 0 Å². The number of anilines is 1. The van der Waals surface area contributed by atoms with Gasteiger partial charge in [-0.15, -0.1) is 0 Å². The van der Waals surface area contributed by atoms with Crippen LogP contribution in [0.4, 0.5) is 5.69 Å². The maximum absolute atomic E-state index is 11.8. The van der Waals surface area contributed by atoms with E-state index in [0.717, 1.165) is 18.6 Å². The van der Waals surface area contributed by atoms with Crippen molar-refractivity contribution in [1.82, 2.24) is 5.32 Å². The van der Waals surface area contributed by atoms with Crippen molar-refractivity contribution in [2.45, 2.75) is 25.8 Å². The van der Waals surface area contributed by atoms with Crippen LogP contribution in [0.2, 0.25) is 0 Å². The van der Waals surface area contributed by atoms with E-state index in [1.165, 1.54) is 0 Å². The minimum atomic E-state index is -0.149.